The summed E-state index contributed by atoms with van der Waals surface area (Å²) in [5.74, 6) is 0.510. The van der Waals surface area contributed by atoms with E-state index in [9.17, 15) is 9.59 Å². The van der Waals surface area contributed by atoms with Crippen molar-refractivity contribution in [3.8, 4) is 0 Å². The minimum Gasteiger partial charge on any atom is -0.348 e. The lowest BCUT2D eigenvalue weighted by molar-refractivity contribution is -0.885. The Bertz CT molecular complexity index is 644. The first-order valence-electron chi connectivity index (χ1n) is 9.78. The van der Waals surface area contributed by atoms with Gasteiger partial charge in [-0.15, -0.1) is 0 Å². The number of carbonyl (C=O) groups excluding carboxylic acids is 2. The number of anilines is 1. The lowest BCUT2D eigenvalue weighted by Crippen LogP contribution is -3.15. The van der Waals surface area contributed by atoms with Gasteiger partial charge >= 0.3 is 0 Å². The summed E-state index contributed by atoms with van der Waals surface area (Å²) >= 11 is 0. The number of aryl methyl sites for hydroxylation is 1. The van der Waals surface area contributed by atoms with Crippen LogP contribution in [0.2, 0.25) is 0 Å². The summed E-state index contributed by atoms with van der Waals surface area (Å²) in [4.78, 5) is 25.9. The van der Waals surface area contributed by atoms with E-state index in [1.165, 1.54) is 19.3 Å². The van der Waals surface area contributed by atoms with E-state index >= 15 is 0 Å². The number of quaternary nitrogens is 1. The van der Waals surface area contributed by atoms with Crippen molar-refractivity contribution in [3.63, 3.8) is 0 Å². The maximum atomic E-state index is 12.6. The zero-order valence-corrected chi connectivity index (χ0v) is 16.8. The summed E-state index contributed by atoms with van der Waals surface area (Å²) in [7, 11) is 1.90. The molecule has 3 N–H and O–H groups in total. The van der Waals surface area contributed by atoms with Gasteiger partial charge in [-0.2, -0.15) is 0 Å². The van der Waals surface area contributed by atoms with Crippen LogP contribution in [0.1, 0.15) is 50.7 Å². The van der Waals surface area contributed by atoms with Gasteiger partial charge in [0.15, 0.2) is 12.6 Å². The third-order valence-corrected chi connectivity index (χ3v) is 5.89. The van der Waals surface area contributed by atoms with Gasteiger partial charge < -0.3 is 15.5 Å². The Morgan fingerprint density at radius 2 is 1.92 bits per heavy atom. The zero-order valence-electron chi connectivity index (χ0n) is 16.8. The molecule has 0 spiro atoms. The lowest BCUT2D eigenvalue weighted by atomic mass is 9.86. The molecule has 26 heavy (non-hydrogen) atoms. The van der Waals surface area contributed by atoms with Crippen LogP contribution in [0.4, 0.5) is 5.69 Å². The van der Waals surface area contributed by atoms with E-state index in [1.807, 2.05) is 46.0 Å². The SMILES string of the molecule is Cc1cccc(NC(=O)C[NH+](C)[C@H](C)C(=O)N[C@@H]2CCCC[C@@H]2C)c1C. The summed E-state index contributed by atoms with van der Waals surface area (Å²) in [5, 5.41) is 6.17. The number of carbonyl (C=O) groups is 2. The molecule has 0 radical (unpaired) electrons. The van der Waals surface area contributed by atoms with Crippen LogP contribution in [0.3, 0.4) is 0 Å². The van der Waals surface area contributed by atoms with Gasteiger partial charge in [-0.05, 0) is 56.7 Å². The highest BCUT2D eigenvalue weighted by Gasteiger charge is 2.29. The number of benzene rings is 1. The summed E-state index contributed by atoms with van der Waals surface area (Å²) in [6.45, 7) is 8.40. The molecule has 1 aromatic carbocycles. The first-order chi connectivity index (χ1) is 12.3. The van der Waals surface area contributed by atoms with Gasteiger partial charge in [0, 0.05) is 11.7 Å². The molecule has 5 nitrogen and oxygen atoms in total. The van der Waals surface area contributed by atoms with Gasteiger partial charge in [0.05, 0.1) is 7.05 Å². The molecule has 1 unspecified atom stereocenters. The van der Waals surface area contributed by atoms with E-state index in [1.54, 1.807) is 0 Å². The van der Waals surface area contributed by atoms with Crippen LogP contribution in [0.5, 0.6) is 0 Å². The maximum absolute atomic E-state index is 12.6. The van der Waals surface area contributed by atoms with Gasteiger partial charge in [0.2, 0.25) is 0 Å². The smallest absolute Gasteiger partial charge is 0.279 e. The second kappa shape index (κ2) is 9.17. The average molecular weight is 361 g/mol. The molecule has 1 fully saturated rings. The van der Waals surface area contributed by atoms with Crippen LogP contribution in [-0.4, -0.2) is 37.5 Å². The largest absolute Gasteiger partial charge is 0.348 e. The van der Waals surface area contributed by atoms with Gasteiger partial charge in [0.1, 0.15) is 0 Å². The Morgan fingerprint density at radius 1 is 1.23 bits per heavy atom. The van der Waals surface area contributed by atoms with E-state index in [0.29, 0.717) is 5.92 Å². The Morgan fingerprint density at radius 3 is 2.62 bits per heavy atom. The molecule has 4 atom stereocenters. The fraction of sp³-hybridized carbons (Fsp3) is 0.619. The molecule has 144 valence electrons. The molecule has 1 saturated carbocycles. The first-order valence-corrected chi connectivity index (χ1v) is 9.78. The van der Waals surface area contributed by atoms with Crippen molar-refractivity contribution in [2.24, 2.45) is 5.92 Å². The molecule has 1 aliphatic carbocycles. The van der Waals surface area contributed by atoms with E-state index in [2.05, 4.69) is 17.6 Å². The Hall–Kier alpha value is -1.88. The van der Waals surface area contributed by atoms with Crippen molar-refractivity contribution >= 4 is 17.5 Å². The monoisotopic (exact) mass is 360 g/mol. The van der Waals surface area contributed by atoms with Crippen LogP contribution < -0.4 is 15.5 Å². The van der Waals surface area contributed by atoms with Crippen molar-refractivity contribution in [3.05, 3.63) is 29.3 Å². The van der Waals surface area contributed by atoms with E-state index < -0.39 is 0 Å². The Kier molecular flexibility index (Phi) is 7.21. The molecular weight excluding hydrogens is 326 g/mol. The van der Waals surface area contributed by atoms with Crippen molar-refractivity contribution in [1.29, 1.82) is 0 Å². The topological polar surface area (TPSA) is 62.6 Å². The van der Waals surface area contributed by atoms with E-state index in [-0.39, 0.29) is 30.4 Å². The maximum Gasteiger partial charge on any atom is 0.279 e. The number of hydrogen-bond acceptors (Lipinski definition) is 2. The molecule has 0 bridgehead atoms. The van der Waals surface area contributed by atoms with Gasteiger partial charge in [0.25, 0.3) is 11.8 Å². The molecule has 0 aliphatic heterocycles. The number of nitrogens with one attached hydrogen (secondary N) is 3. The number of hydrogen-bond donors (Lipinski definition) is 3. The van der Waals surface area contributed by atoms with Gasteiger partial charge in [-0.1, -0.05) is 31.9 Å². The van der Waals surface area contributed by atoms with Gasteiger partial charge in [-0.25, -0.2) is 0 Å². The third kappa shape index (κ3) is 5.31. The average Bonchev–Trinajstić information content (AvgIpc) is 2.60. The predicted octanol–water partition coefficient (Wildman–Crippen LogP) is 1.84. The van der Waals surface area contributed by atoms with Crippen LogP contribution in [0.25, 0.3) is 0 Å². The minimum atomic E-state index is -0.256. The van der Waals surface area contributed by atoms with E-state index in [4.69, 9.17) is 0 Å². The van der Waals surface area contributed by atoms with Crippen molar-refractivity contribution in [1.82, 2.24) is 5.32 Å². The van der Waals surface area contributed by atoms with Crippen LogP contribution in [0, 0.1) is 19.8 Å². The number of likely N-dealkylation sites (N-methyl/N-ethyl adjacent to an activating group) is 1. The minimum absolute atomic E-state index is 0.0424. The summed E-state index contributed by atoms with van der Waals surface area (Å²) in [6, 6.07) is 5.90. The van der Waals surface area contributed by atoms with Crippen LogP contribution in [0.15, 0.2) is 18.2 Å². The molecule has 0 heterocycles. The van der Waals surface area contributed by atoms with Crippen LogP contribution in [-0.2, 0) is 9.59 Å². The van der Waals surface area contributed by atoms with E-state index in [0.717, 1.165) is 28.1 Å². The quantitative estimate of drug-likeness (QED) is 0.725. The first kappa shape index (κ1) is 20.4. The van der Waals surface area contributed by atoms with Crippen LogP contribution >= 0.6 is 0 Å². The fourth-order valence-corrected chi connectivity index (χ4v) is 3.55. The molecule has 1 aliphatic rings. The molecule has 2 amide bonds. The highest BCUT2D eigenvalue weighted by molar-refractivity contribution is 5.92. The Labute approximate surface area is 157 Å². The molecule has 0 saturated heterocycles. The summed E-state index contributed by atoms with van der Waals surface area (Å²) in [6.07, 6.45) is 4.68. The van der Waals surface area contributed by atoms with Gasteiger partial charge in [-0.3, -0.25) is 9.59 Å². The molecule has 0 aromatic heterocycles. The summed E-state index contributed by atoms with van der Waals surface area (Å²) in [5.41, 5.74) is 3.07. The summed E-state index contributed by atoms with van der Waals surface area (Å²) < 4.78 is 0. The zero-order chi connectivity index (χ0) is 19.3. The highest BCUT2D eigenvalue weighted by Crippen LogP contribution is 2.23. The highest BCUT2D eigenvalue weighted by atomic mass is 16.2. The van der Waals surface area contributed by atoms with Crippen molar-refractivity contribution in [2.75, 3.05) is 18.9 Å². The Balaban J connectivity index is 1.87. The lowest BCUT2D eigenvalue weighted by Gasteiger charge is -2.31. The molecule has 1 aromatic rings. The third-order valence-electron chi connectivity index (χ3n) is 5.89. The van der Waals surface area contributed by atoms with Crippen molar-refractivity contribution in [2.45, 2.75) is 65.5 Å². The standard InChI is InChI=1S/C21H33N3O2/c1-14-10-8-12-19(16(14)3)22-20(25)13-24(5)17(4)21(26)23-18-11-7-6-9-15(18)2/h8,10,12,15,17-18H,6-7,9,11,13H2,1-5H3,(H,22,25)(H,23,26)/p+1/t15-,17+,18+/m0/s1. The normalized spacial score (nSPS) is 22.3. The molecule has 5 heteroatoms. The fourth-order valence-electron chi connectivity index (χ4n) is 3.55. The second-order valence-electron chi connectivity index (χ2n) is 7.92. The predicted molar refractivity (Wildman–Crippen MR) is 105 cm³/mol. The molecule has 2 rings (SSSR count). The molecular formula is C21H34N3O2+. The second-order valence-corrected chi connectivity index (χ2v) is 7.92. The number of rotatable bonds is 6. The van der Waals surface area contributed by atoms with Crippen molar-refractivity contribution < 1.29 is 14.5 Å². The number of amides is 2.